The molecule has 15 heteroatoms. The number of benzene rings is 1. The van der Waals surface area contributed by atoms with Crippen LogP contribution in [0.4, 0.5) is 26.7 Å². The quantitative estimate of drug-likeness (QED) is 0.388. The van der Waals surface area contributed by atoms with Gasteiger partial charge in [-0.2, -0.15) is 18.3 Å². The molecule has 10 nitrogen and oxygen atoms in total. The van der Waals surface area contributed by atoms with Gasteiger partial charge in [0.25, 0.3) is 5.91 Å². The highest BCUT2D eigenvalue weighted by Gasteiger charge is 2.49. The molecule has 2 aromatic heterocycles. The van der Waals surface area contributed by atoms with Crippen molar-refractivity contribution in [2.75, 3.05) is 26.8 Å². The van der Waals surface area contributed by atoms with E-state index in [1.807, 2.05) is 5.32 Å². The molecule has 2 N–H and O–H groups in total. The maximum atomic E-state index is 15.4. The number of nitrogens with zero attached hydrogens (tertiary/aromatic N) is 4. The van der Waals surface area contributed by atoms with Crippen molar-refractivity contribution in [3.63, 3.8) is 0 Å². The Morgan fingerprint density at radius 3 is 2.66 bits per heavy atom. The SMILES string of the molecule is COC[C@H](c1cc(F)c2oc(C3(CNC(=O)c4ccnn4C)CCC(F)CC3)nc2c1)N1C[C@@H](C(F)(F)F)NC1=O. The van der Waals surface area contributed by atoms with Gasteiger partial charge in [-0.3, -0.25) is 9.48 Å². The molecule has 2 aliphatic rings. The minimum atomic E-state index is -4.66. The van der Waals surface area contributed by atoms with Crippen molar-refractivity contribution in [3.8, 4) is 0 Å². The van der Waals surface area contributed by atoms with Crippen LogP contribution in [-0.2, 0) is 17.2 Å². The molecule has 3 aromatic rings. The van der Waals surface area contributed by atoms with Crippen molar-refractivity contribution in [2.45, 2.75) is 55.5 Å². The van der Waals surface area contributed by atoms with E-state index >= 15 is 4.39 Å². The first-order valence-electron chi connectivity index (χ1n) is 13.1. The first-order valence-corrected chi connectivity index (χ1v) is 13.1. The zero-order chi connectivity index (χ0) is 29.5. The smallest absolute Gasteiger partial charge is 0.410 e. The number of urea groups is 1. The summed E-state index contributed by atoms with van der Waals surface area (Å²) in [7, 11) is 2.93. The molecule has 1 saturated heterocycles. The number of oxazole rings is 1. The zero-order valence-electron chi connectivity index (χ0n) is 22.3. The number of carbonyl (C=O) groups is 2. The summed E-state index contributed by atoms with van der Waals surface area (Å²) in [5, 5.41) is 8.72. The van der Waals surface area contributed by atoms with Gasteiger partial charge >= 0.3 is 12.2 Å². The maximum absolute atomic E-state index is 15.4. The van der Waals surface area contributed by atoms with Crippen molar-refractivity contribution < 1.29 is 40.7 Å². The predicted octanol–water partition coefficient (Wildman–Crippen LogP) is 3.92. The number of rotatable bonds is 8. The Morgan fingerprint density at radius 1 is 1.32 bits per heavy atom. The van der Waals surface area contributed by atoms with Gasteiger partial charge in [-0.05, 0) is 49.4 Å². The van der Waals surface area contributed by atoms with E-state index in [1.165, 1.54) is 24.1 Å². The number of amides is 3. The lowest BCUT2D eigenvalue weighted by Gasteiger charge is -2.35. The minimum Gasteiger partial charge on any atom is -0.437 e. The van der Waals surface area contributed by atoms with E-state index in [1.54, 1.807) is 13.1 Å². The molecule has 41 heavy (non-hydrogen) atoms. The summed E-state index contributed by atoms with van der Waals surface area (Å²) >= 11 is 0. The van der Waals surface area contributed by atoms with Gasteiger partial charge < -0.3 is 24.7 Å². The molecule has 3 amide bonds. The Labute approximate surface area is 231 Å². The molecule has 1 aliphatic carbocycles. The Balaban J connectivity index is 1.47. The number of halogens is 5. The van der Waals surface area contributed by atoms with Crippen molar-refractivity contribution in [2.24, 2.45) is 7.05 Å². The number of aryl methyl sites for hydroxylation is 1. The van der Waals surface area contributed by atoms with E-state index in [0.29, 0.717) is 5.69 Å². The van der Waals surface area contributed by atoms with Crippen molar-refractivity contribution in [3.05, 3.63) is 47.4 Å². The van der Waals surface area contributed by atoms with Crippen molar-refractivity contribution >= 4 is 23.0 Å². The second kappa shape index (κ2) is 10.9. The van der Waals surface area contributed by atoms with Crippen molar-refractivity contribution in [1.29, 1.82) is 0 Å². The van der Waals surface area contributed by atoms with Gasteiger partial charge in [-0.25, -0.2) is 18.6 Å². The Hall–Kier alpha value is -3.75. The Morgan fingerprint density at radius 2 is 2.05 bits per heavy atom. The van der Waals surface area contributed by atoms with Crippen LogP contribution in [0, 0.1) is 5.82 Å². The van der Waals surface area contributed by atoms with Crippen molar-refractivity contribution in [1.82, 2.24) is 30.3 Å². The minimum absolute atomic E-state index is 0.0457. The van der Waals surface area contributed by atoms with Gasteiger partial charge in [0.1, 0.15) is 23.4 Å². The molecular formula is C26H29F5N6O4. The summed E-state index contributed by atoms with van der Waals surface area (Å²) in [6.07, 6.45) is -3.28. The van der Waals surface area contributed by atoms with Gasteiger partial charge in [0, 0.05) is 26.9 Å². The molecule has 1 aromatic carbocycles. The largest absolute Gasteiger partial charge is 0.437 e. The highest BCUT2D eigenvalue weighted by atomic mass is 19.4. The third-order valence-corrected chi connectivity index (χ3v) is 7.85. The summed E-state index contributed by atoms with van der Waals surface area (Å²) in [4.78, 5) is 30.7. The van der Waals surface area contributed by atoms with Crippen LogP contribution in [0.25, 0.3) is 11.1 Å². The standard InChI is InChI=1S/C26H29F5N6O4/c1-36-18(5-8-33-36)22(38)32-13-25(6-3-15(27)4-7-25)23-34-17-10-14(9-16(28)21(17)41-23)19(12-40-2)37-11-20(26(29,30)31)35-24(37)39/h5,8-10,15,19-20H,3-4,6-7,11-13H2,1-2H3,(H,32,38)(H,35,39)/t15?,19-,20+,25?/m1/s1. The monoisotopic (exact) mass is 584 g/mol. The number of fused-ring (bicyclic) bond motifs is 1. The van der Waals surface area contributed by atoms with E-state index in [0.717, 1.165) is 11.0 Å². The van der Waals surface area contributed by atoms with Crippen LogP contribution in [-0.4, -0.2) is 76.8 Å². The number of aromatic nitrogens is 3. The number of nitrogens with one attached hydrogen (secondary N) is 2. The van der Waals surface area contributed by atoms with E-state index in [-0.39, 0.29) is 61.4 Å². The molecule has 0 radical (unpaired) electrons. The third-order valence-electron chi connectivity index (χ3n) is 7.85. The molecule has 1 saturated carbocycles. The molecule has 2 fully saturated rings. The number of carbonyl (C=O) groups excluding carboxylic acids is 2. The third kappa shape index (κ3) is 5.59. The second-order valence-corrected chi connectivity index (χ2v) is 10.5. The highest BCUT2D eigenvalue weighted by molar-refractivity contribution is 5.92. The fraction of sp³-hybridized carbons (Fsp3) is 0.538. The number of hydrogen-bond acceptors (Lipinski definition) is 6. The zero-order valence-corrected chi connectivity index (χ0v) is 22.3. The van der Waals surface area contributed by atoms with Crippen LogP contribution in [0.15, 0.2) is 28.8 Å². The fourth-order valence-corrected chi connectivity index (χ4v) is 5.50. The van der Waals surface area contributed by atoms with E-state index < -0.39 is 54.1 Å². The van der Waals surface area contributed by atoms with Crippen LogP contribution >= 0.6 is 0 Å². The molecule has 0 unspecified atom stereocenters. The molecular weight excluding hydrogens is 555 g/mol. The van der Waals surface area contributed by atoms with Gasteiger partial charge in [0.2, 0.25) is 5.89 Å². The summed E-state index contributed by atoms with van der Waals surface area (Å²) in [6, 6.07) is -0.0163. The molecule has 3 heterocycles. The lowest BCUT2D eigenvalue weighted by atomic mass is 9.73. The number of hydrogen-bond donors (Lipinski definition) is 2. The normalized spacial score (nSPS) is 24.1. The summed E-state index contributed by atoms with van der Waals surface area (Å²) < 4.78 is 81.8. The maximum Gasteiger partial charge on any atom is 0.410 e. The van der Waals surface area contributed by atoms with E-state index in [9.17, 15) is 27.2 Å². The van der Waals surface area contributed by atoms with Crippen LogP contribution in [0.1, 0.15) is 53.7 Å². The van der Waals surface area contributed by atoms with Gasteiger partial charge in [0.05, 0.1) is 24.6 Å². The van der Waals surface area contributed by atoms with E-state index in [4.69, 9.17) is 9.15 Å². The molecule has 222 valence electrons. The number of methoxy groups -OCH3 is 1. The highest BCUT2D eigenvalue weighted by Crippen LogP contribution is 2.42. The Bertz CT molecular complexity index is 1430. The molecule has 0 spiro atoms. The lowest BCUT2D eigenvalue weighted by molar-refractivity contribution is -0.150. The summed E-state index contributed by atoms with van der Waals surface area (Å²) in [5.74, 6) is -1.13. The lowest BCUT2D eigenvalue weighted by Crippen LogP contribution is -2.44. The van der Waals surface area contributed by atoms with Gasteiger partial charge in [-0.15, -0.1) is 0 Å². The fourth-order valence-electron chi connectivity index (χ4n) is 5.50. The first kappa shape index (κ1) is 28.8. The molecule has 1 aliphatic heterocycles. The topological polar surface area (TPSA) is 115 Å². The van der Waals surface area contributed by atoms with Gasteiger partial charge in [-0.1, -0.05) is 0 Å². The second-order valence-electron chi connectivity index (χ2n) is 10.5. The van der Waals surface area contributed by atoms with Crippen LogP contribution in [0.5, 0.6) is 0 Å². The predicted molar refractivity (Wildman–Crippen MR) is 134 cm³/mol. The summed E-state index contributed by atoms with van der Waals surface area (Å²) in [5.41, 5.74) is -0.568. The first-order chi connectivity index (χ1) is 19.4. The average molecular weight is 585 g/mol. The average Bonchev–Trinajstić information content (AvgIpc) is 3.65. The van der Waals surface area contributed by atoms with Gasteiger partial charge in [0.15, 0.2) is 11.4 Å². The molecule has 2 atom stereocenters. The number of alkyl halides is 4. The Kier molecular flexibility index (Phi) is 7.66. The van der Waals surface area contributed by atoms with E-state index in [2.05, 4.69) is 15.4 Å². The molecule has 0 bridgehead atoms. The van der Waals surface area contributed by atoms with Crippen LogP contribution in [0.3, 0.4) is 0 Å². The molecule has 5 rings (SSSR count). The number of ether oxygens (including phenoxy) is 1. The summed E-state index contributed by atoms with van der Waals surface area (Å²) in [6.45, 7) is -0.830. The van der Waals surface area contributed by atoms with Crippen LogP contribution in [0.2, 0.25) is 0 Å². The van der Waals surface area contributed by atoms with Crippen LogP contribution < -0.4 is 10.6 Å².